The molecule has 3 atom stereocenters. The second-order valence-corrected chi connectivity index (χ2v) is 15.9. The Balaban J connectivity index is 4.81. The molecule has 1 amide bonds. The lowest BCUT2D eigenvalue weighted by Crippen LogP contribution is -2.46. The Hall–Kier alpha value is -3.74. The van der Waals surface area contributed by atoms with Crippen molar-refractivity contribution in [3.05, 3.63) is 122 Å². The highest BCUT2D eigenvalue weighted by Gasteiger charge is 2.24. The SMILES string of the molecule is CC\C=C/C=C/C=C/C=C\C=C\C=C\CCCCCC(=O)OC(CCC/C=C/C/C=C/C/C=C/C/C=C/CC)CC(=O)NC(CO)C(O)CCCCCCCCCCCCC. The molecule has 0 aliphatic carbocycles. The van der Waals surface area contributed by atoms with Crippen LogP contribution in [0.5, 0.6) is 0 Å². The number of hydrogen-bond donors (Lipinski definition) is 3. The Morgan fingerprint density at radius 3 is 1.54 bits per heavy atom. The van der Waals surface area contributed by atoms with Gasteiger partial charge >= 0.3 is 5.97 Å². The molecule has 0 saturated heterocycles. The van der Waals surface area contributed by atoms with Gasteiger partial charge in [-0.3, -0.25) is 9.59 Å². The van der Waals surface area contributed by atoms with Crippen molar-refractivity contribution in [2.75, 3.05) is 6.61 Å². The average molecular weight is 844 g/mol. The Morgan fingerprint density at radius 1 is 0.508 bits per heavy atom. The molecule has 0 spiro atoms. The van der Waals surface area contributed by atoms with Crippen LogP contribution >= 0.6 is 0 Å². The van der Waals surface area contributed by atoms with E-state index in [1.807, 2.05) is 60.8 Å². The van der Waals surface area contributed by atoms with Crippen molar-refractivity contribution in [3.63, 3.8) is 0 Å². The van der Waals surface area contributed by atoms with Crippen LogP contribution in [0, 0.1) is 0 Å². The zero-order chi connectivity index (χ0) is 44.5. The maximum atomic E-state index is 13.2. The lowest BCUT2D eigenvalue weighted by Gasteiger charge is -2.24. The highest BCUT2D eigenvalue weighted by Crippen LogP contribution is 2.16. The number of ether oxygens (including phenoxy) is 1. The molecule has 0 heterocycles. The van der Waals surface area contributed by atoms with E-state index in [1.165, 1.54) is 51.4 Å². The van der Waals surface area contributed by atoms with Gasteiger partial charge in [0.25, 0.3) is 0 Å². The van der Waals surface area contributed by atoms with E-state index in [1.54, 1.807) is 0 Å². The highest BCUT2D eigenvalue weighted by molar-refractivity contribution is 5.77. The summed E-state index contributed by atoms with van der Waals surface area (Å²) in [5.74, 6) is -0.595. The van der Waals surface area contributed by atoms with Crippen LogP contribution in [0.2, 0.25) is 0 Å². The number of allylic oxidation sites excluding steroid dienone is 20. The fraction of sp³-hybridized carbons (Fsp3) is 0.600. The molecular weight excluding hydrogens is 755 g/mol. The molecule has 3 N–H and O–H groups in total. The van der Waals surface area contributed by atoms with Crippen molar-refractivity contribution in [1.82, 2.24) is 5.32 Å². The maximum Gasteiger partial charge on any atom is 0.306 e. The second-order valence-electron chi connectivity index (χ2n) is 15.9. The monoisotopic (exact) mass is 844 g/mol. The predicted molar refractivity (Wildman–Crippen MR) is 263 cm³/mol. The van der Waals surface area contributed by atoms with Crippen molar-refractivity contribution in [1.29, 1.82) is 0 Å². The Labute approximate surface area is 374 Å². The first kappa shape index (κ1) is 57.3. The summed E-state index contributed by atoms with van der Waals surface area (Å²) in [6.07, 6.45) is 65.4. The summed E-state index contributed by atoms with van der Waals surface area (Å²) >= 11 is 0. The zero-order valence-electron chi connectivity index (χ0n) is 39.0. The molecule has 6 heteroatoms. The Bertz CT molecular complexity index is 1310. The van der Waals surface area contributed by atoms with E-state index in [4.69, 9.17) is 4.74 Å². The van der Waals surface area contributed by atoms with Gasteiger partial charge in [0, 0.05) is 6.42 Å². The molecule has 0 aromatic rings. The third-order valence-electron chi connectivity index (χ3n) is 10.2. The number of amides is 1. The lowest BCUT2D eigenvalue weighted by atomic mass is 10.0. The summed E-state index contributed by atoms with van der Waals surface area (Å²) in [5, 5.41) is 23.7. The number of hydrogen-bond acceptors (Lipinski definition) is 5. The number of carbonyl (C=O) groups is 2. The van der Waals surface area contributed by atoms with Gasteiger partial charge in [-0.15, -0.1) is 0 Å². The van der Waals surface area contributed by atoms with Crippen LogP contribution in [0.4, 0.5) is 0 Å². The standard InChI is InChI=1S/C55H89NO5/c1-4-7-10-13-16-19-22-24-26-27-28-30-33-36-39-42-45-48-55(60)61-51(46-43-40-37-34-32-29-25-23-20-17-14-11-8-5-2)49-54(59)56-52(50-57)53(58)47-44-41-38-35-31-21-18-15-12-9-6-3/h7-8,10-11,13,16-17,19-20,22,24-30,33-34,37,51-53,57-58H,4-6,9,12,14-15,18,21,23,31-32,35-36,38-50H2,1-3H3,(H,56,59)/b10-7-,11-8+,16-13+,20-17+,22-19+,26-24-,28-27+,29-25+,33-30+,37-34+. The number of aliphatic hydroxyl groups excluding tert-OH is 2. The summed E-state index contributed by atoms with van der Waals surface area (Å²) in [7, 11) is 0. The number of carbonyl (C=O) groups excluding carboxylic acids is 2. The number of aliphatic hydroxyl groups is 2. The van der Waals surface area contributed by atoms with Gasteiger partial charge in [0.2, 0.25) is 5.91 Å². The van der Waals surface area contributed by atoms with E-state index in [0.717, 1.165) is 89.9 Å². The van der Waals surface area contributed by atoms with E-state index in [-0.39, 0.29) is 24.9 Å². The molecule has 0 aromatic heterocycles. The Morgan fingerprint density at radius 2 is 0.984 bits per heavy atom. The normalized spacial score (nSPS) is 14.4. The van der Waals surface area contributed by atoms with Gasteiger partial charge in [-0.25, -0.2) is 0 Å². The minimum absolute atomic E-state index is 0.0130. The molecule has 0 aromatic carbocycles. The van der Waals surface area contributed by atoms with Crippen LogP contribution in [0.15, 0.2) is 122 Å². The number of rotatable bonds is 41. The largest absolute Gasteiger partial charge is 0.462 e. The second kappa shape index (κ2) is 47.3. The van der Waals surface area contributed by atoms with Crippen molar-refractivity contribution >= 4 is 11.9 Å². The molecule has 0 rings (SSSR count). The van der Waals surface area contributed by atoms with Gasteiger partial charge in [0.15, 0.2) is 0 Å². The summed E-state index contributed by atoms with van der Waals surface area (Å²) in [4.78, 5) is 26.1. The lowest BCUT2D eigenvalue weighted by molar-refractivity contribution is -0.151. The summed E-state index contributed by atoms with van der Waals surface area (Å²) < 4.78 is 5.87. The predicted octanol–water partition coefficient (Wildman–Crippen LogP) is 14.5. The maximum absolute atomic E-state index is 13.2. The minimum atomic E-state index is -0.817. The Kier molecular flexibility index (Phi) is 44.4. The highest BCUT2D eigenvalue weighted by atomic mass is 16.5. The smallest absolute Gasteiger partial charge is 0.306 e. The molecule has 0 aliphatic rings. The molecule has 0 bridgehead atoms. The molecule has 61 heavy (non-hydrogen) atoms. The van der Waals surface area contributed by atoms with Crippen molar-refractivity contribution < 1.29 is 24.5 Å². The van der Waals surface area contributed by atoms with Crippen LogP contribution in [-0.2, 0) is 14.3 Å². The first-order chi connectivity index (χ1) is 30.0. The fourth-order valence-corrected chi connectivity index (χ4v) is 6.57. The van der Waals surface area contributed by atoms with Crippen molar-refractivity contribution in [2.45, 2.75) is 206 Å². The van der Waals surface area contributed by atoms with E-state index in [2.05, 4.69) is 86.8 Å². The summed E-state index contributed by atoms with van der Waals surface area (Å²) in [6, 6.07) is -0.736. The topological polar surface area (TPSA) is 95.9 Å². The van der Waals surface area contributed by atoms with Gasteiger partial charge in [0.1, 0.15) is 6.10 Å². The molecule has 0 saturated carbocycles. The quantitative estimate of drug-likeness (QED) is 0.0247. The summed E-state index contributed by atoms with van der Waals surface area (Å²) in [6.45, 7) is 6.17. The van der Waals surface area contributed by atoms with Gasteiger partial charge in [-0.1, -0.05) is 219 Å². The van der Waals surface area contributed by atoms with Crippen LogP contribution in [-0.4, -0.2) is 46.9 Å². The number of nitrogens with one attached hydrogen (secondary N) is 1. The van der Waals surface area contributed by atoms with Gasteiger partial charge in [-0.2, -0.15) is 0 Å². The molecule has 6 nitrogen and oxygen atoms in total. The first-order valence-electron chi connectivity index (χ1n) is 24.3. The number of unbranched alkanes of at least 4 members (excludes halogenated alkanes) is 14. The average Bonchev–Trinajstić information content (AvgIpc) is 3.25. The molecule has 0 aliphatic heterocycles. The van der Waals surface area contributed by atoms with E-state index in [9.17, 15) is 19.8 Å². The zero-order valence-corrected chi connectivity index (χ0v) is 39.0. The van der Waals surface area contributed by atoms with Crippen LogP contribution < -0.4 is 5.32 Å². The first-order valence-corrected chi connectivity index (χ1v) is 24.3. The minimum Gasteiger partial charge on any atom is -0.462 e. The third kappa shape index (κ3) is 42.7. The fourth-order valence-electron chi connectivity index (χ4n) is 6.57. The van der Waals surface area contributed by atoms with E-state index >= 15 is 0 Å². The molecule has 344 valence electrons. The molecule has 0 fully saturated rings. The van der Waals surface area contributed by atoms with Gasteiger partial charge < -0.3 is 20.3 Å². The van der Waals surface area contributed by atoms with Gasteiger partial charge in [0.05, 0.1) is 25.2 Å². The van der Waals surface area contributed by atoms with Crippen LogP contribution in [0.3, 0.4) is 0 Å². The molecule has 3 unspecified atom stereocenters. The van der Waals surface area contributed by atoms with Crippen molar-refractivity contribution in [2.24, 2.45) is 0 Å². The van der Waals surface area contributed by atoms with Crippen LogP contribution in [0.1, 0.15) is 188 Å². The third-order valence-corrected chi connectivity index (χ3v) is 10.2. The summed E-state index contributed by atoms with van der Waals surface area (Å²) in [5.41, 5.74) is 0. The van der Waals surface area contributed by atoms with E-state index < -0.39 is 18.2 Å². The van der Waals surface area contributed by atoms with Gasteiger partial charge in [-0.05, 0) is 77.0 Å². The van der Waals surface area contributed by atoms with Crippen LogP contribution in [0.25, 0.3) is 0 Å². The van der Waals surface area contributed by atoms with E-state index in [0.29, 0.717) is 19.3 Å². The van der Waals surface area contributed by atoms with Crippen molar-refractivity contribution in [3.8, 4) is 0 Å². The molecular formula is C55H89NO5. The number of esters is 1. The molecule has 0 radical (unpaired) electrons.